The number of halogens is 3. The van der Waals surface area contributed by atoms with Gasteiger partial charge in [-0.15, -0.1) is 0 Å². The van der Waals surface area contributed by atoms with E-state index in [0.717, 1.165) is 12.1 Å². The van der Waals surface area contributed by atoms with Crippen LogP contribution < -0.4 is 0 Å². The van der Waals surface area contributed by atoms with E-state index in [-0.39, 0.29) is 6.61 Å². The summed E-state index contributed by atoms with van der Waals surface area (Å²) in [5.41, 5.74) is -0.0464. The molecule has 1 N–H and O–H groups in total. The summed E-state index contributed by atoms with van der Waals surface area (Å²) < 4.78 is 32.1. The molecule has 3 nitrogen and oxygen atoms in total. The topological polar surface area (TPSA) is 46.5 Å². The Morgan fingerprint density at radius 1 is 1.56 bits per heavy atom. The van der Waals surface area contributed by atoms with Crippen molar-refractivity contribution in [1.82, 2.24) is 0 Å². The third-order valence-corrected chi connectivity index (χ3v) is 2.82. The second-order valence-corrected chi connectivity index (χ2v) is 4.15. The Labute approximate surface area is 108 Å². The van der Waals surface area contributed by atoms with Crippen molar-refractivity contribution >= 4 is 17.6 Å². The smallest absolute Gasteiger partial charge is 0.341 e. The molecular formula is C12H13ClF2O3. The lowest BCUT2D eigenvalue weighted by atomic mass is 10.0. The number of hydrogen-bond acceptors (Lipinski definition) is 3. The van der Waals surface area contributed by atoms with E-state index < -0.39 is 23.6 Å². The largest absolute Gasteiger partial charge is 0.464 e. The first-order chi connectivity index (χ1) is 8.30. The Morgan fingerprint density at radius 3 is 2.67 bits per heavy atom. The van der Waals surface area contributed by atoms with Gasteiger partial charge in [0.25, 0.3) is 0 Å². The van der Waals surface area contributed by atoms with Crippen LogP contribution in [0.4, 0.5) is 8.78 Å². The molecule has 100 valence electrons. The van der Waals surface area contributed by atoms with Gasteiger partial charge in [0.05, 0.1) is 6.61 Å². The van der Waals surface area contributed by atoms with Crippen molar-refractivity contribution in [3.05, 3.63) is 34.3 Å². The van der Waals surface area contributed by atoms with Crippen LogP contribution in [0.15, 0.2) is 18.2 Å². The van der Waals surface area contributed by atoms with Crippen molar-refractivity contribution in [1.29, 1.82) is 0 Å². The van der Waals surface area contributed by atoms with E-state index >= 15 is 0 Å². The maximum Gasteiger partial charge on any atom is 0.341 e. The lowest BCUT2D eigenvalue weighted by Gasteiger charge is -2.21. The molecule has 0 radical (unpaired) electrons. The maximum absolute atomic E-state index is 13.8. The number of ether oxygens (including phenoxy) is 1. The normalized spacial score (nSPS) is 13.2. The molecule has 1 unspecified atom stereocenters. The molecule has 1 aromatic rings. The number of hydrogen-bond donors (Lipinski definition) is 1. The molecule has 0 saturated carbocycles. The summed E-state index contributed by atoms with van der Waals surface area (Å²) in [6.45, 7) is 2.94. The van der Waals surface area contributed by atoms with Crippen molar-refractivity contribution in [2.45, 2.75) is 25.9 Å². The predicted octanol–water partition coefficient (Wildman–Crippen LogP) is 2.66. The van der Waals surface area contributed by atoms with Gasteiger partial charge in [-0.05, 0) is 31.5 Å². The molecule has 1 atom stereocenters. The van der Waals surface area contributed by atoms with Crippen LogP contribution in [-0.2, 0) is 15.5 Å². The van der Waals surface area contributed by atoms with Gasteiger partial charge in [-0.2, -0.15) is 8.78 Å². The quantitative estimate of drug-likeness (QED) is 0.862. The number of aliphatic hydroxyl groups is 1. The average molecular weight is 279 g/mol. The van der Waals surface area contributed by atoms with E-state index in [1.807, 2.05) is 0 Å². The molecule has 0 spiro atoms. The van der Waals surface area contributed by atoms with Gasteiger partial charge in [0.2, 0.25) is 6.10 Å². The van der Waals surface area contributed by atoms with Gasteiger partial charge in [0.15, 0.2) is 0 Å². The zero-order valence-electron chi connectivity index (χ0n) is 9.91. The molecule has 18 heavy (non-hydrogen) atoms. The van der Waals surface area contributed by atoms with Crippen LogP contribution in [0.25, 0.3) is 0 Å². The summed E-state index contributed by atoms with van der Waals surface area (Å²) in [6.07, 6.45) is -2.53. The molecule has 0 amide bonds. The van der Waals surface area contributed by atoms with Gasteiger partial charge < -0.3 is 9.84 Å². The lowest BCUT2D eigenvalue weighted by Crippen LogP contribution is -2.39. The summed E-state index contributed by atoms with van der Waals surface area (Å²) in [5, 5.41) is 9.67. The highest BCUT2D eigenvalue weighted by molar-refractivity contribution is 6.31. The molecule has 0 bridgehead atoms. The van der Waals surface area contributed by atoms with Crippen LogP contribution in [0.2, 0.25) is 5.02 Å². The molecular weight excluding hydrogens is 266 g/mol. The number of aryl methyl sites for hydroxylation is 1. The molecule has 0 fully saturated rings. The van der Waals surface area contributed by atoms with Crippen molar-refractivity contribution in [3.63, 3.8) is 0 Å². The van der Waals surface area contributed by atoms with Crippen molar-refractivity contribution in [3.8, 4) is 0 Å². The van der Waals surface area contributed by atoms with Crippen LogP contribution >= 0.6 is 11.6 Å². The third-order valence-electron chi connectivity index (χ3n) is 2.40. The highest BCUT2D eigenvalue weighted by Gasteiger charge is 2.46. The zero-order chi connectivity index (χ0) is 13.9. The van der Waals surface area contributed by atoms with E-state index in [9.17, 15) is 18.7 Å². The fourth-order valence-corrected chi connectivity index (χ4v) is 1.50. The molecule has 0 heterocycles. The Morgan fingerprint density at radius 2 is 2.17 bits per heavy atom. The van der Waals surface area contributed by atoms with Crippen LogP contribution in [0.3, 0.4) is 0 Å². The lowest BCUT2D eigenvalue weighted by molar-refractivity contribution is -0.178. The number of benzene rings is 1. The van der Waals surface area contributed by atoms with Crippen molar-refractivity contribution in [2.24, 2.45) is 0 Å². The molecule has 0 aliphatic carbocycles. The summed E-state index contributed by atoms with van der Waals surface area (Å²) in [4.78, 5) is 11.1. The van der Waals surface area contributed by atoms with Gasteiger partial charge in [0, 0.05) is 10.6 Å². The van der Waals surface area contributed by atoms with E-state index in [1.54, 1.807) is 6.92 Å². The Balaban J connectivity index is 3.04. The average Bonchev–Trinajstić information content (AvgIpc) is 2.31. The van der Waals surface area contributed by atoms with Crippen molar-refractivity contribution < 1.29 is 23.4 Å². The molecule has 6 heteroatoms. The molecule has 0 aliphatic heterocycles. The third kappa shape index (κ3) is 2.97. The summed E-state index contributed by atoms with van der Waals surface area (Å²) >= 11 is 5.72. The van der Waals surface area contributed by atoms with Gasteiger partial charge in [-0.25, -0.2) is 4.79 Å². The Bertz CT molecular complexity index is 449. The molecule has 0 saturated heterocycles. The first kappa shape index (κ1) is 14.9. The molecule has 1 aromatic carbocycles. The van der Waals surface area contributed by atoms with Crippen LogP contribution in [0.1, 0.15) is 18.1 Å². The molecule has 0 aromatic heterocycles. The molecule has 0 aliphatic rings. The second-order valence-electron chi connectivity index (χ2n) is 3.74. The van der Waals surface area contributed by atoms with E-state index in [2.05, 4.69) is 4.74 Å². The number of alkyl halides is 2. The fraction of sp³-hybridized carbons (Fsp3) is 0.417. The standard InChI is InChI=1S/C12H13ClF2O3/c1-3-18-11(17)10(16)12(14,15)8-4-5-9(13)7(2)6-8/h4-6,10,16H,3H2,1-2H3. The predicted molar refractivity (Wildman–Crippen MR) is 62.7 cm³/mol. The minimum atomic E-state index is -3.72. The monoisotopic (exact) mass is 278 g/mol. The first-order valence-corrected chi connectivity index (χ1v) is 5.67. The van der Waals surface area contributed by atoms with Crippen molar-refractivity contribution in [2.75, 3.05) is 6.61 Å². The van der Waals surface area contributed by atoms with Crippen LogP contribution in [-0.4, -0.2) is 23.8 Å². The SMILES string of the molecule is CCOC(=O)C(O)C(F)(F)c1ccc(Cl)c(C)c1. The Kier molecular flexibility index (Phi) is 4.65. The van der Waals surface area contributed by atoms with Gasteiger partial charge in [-0.1, -0.05) is 17.7 Å². The minimum Gasteiger partial charge on any atom is -0.464 e. The summed E-state index contributed by atoms with van der Waals surface area (Å²) in [7, 11) is 0. The van der Waals surface area contributed by atoms with Gasteiger partial charge in [0.1, 0.15) is 0 Å². The highest BCUT2D eigenvalue weighted by atomic mass is 35.5. The first-order valence-electron chi connectivity index (χ1n) is 5.29. The van der Waals surface area contributed by atoms with E-state index in [0.29, 0.717) is 10.6 Å². The van der Waals surface area contributed by atoms with E-state index in [4.69, 9.17) is 11.6 Å². The minimum absolute atomic E-state index is 0.0778. The number of carbonyl (C=O) groups is 1. The Hall–Kier alpha value is -1.20. The number of rotatable bonds is 4. The number of aliphatic hydroxyl groups excluding tert-OH is 1. The van der Waals surface area contributed by atoms with Crippen LogP contribution in [0, 0.1) is 6.92 Å². The maximum atomic E-state index is 13.8. The van der Waals surface area contributed by atoms with Gasteiger partial charge >= 0.3 is 11.9 Å². The van der Waals surface area contributed by atoms with E-state index in [1.165, 1.54) is 13.0 Å². The fourth-order valence-electron chi connectivity index (χ4n) is 1.38. The summed E-state index contributed by atoms with van der Waals surface area (Å²) in [5.74, 6) is -5.07. The molecule has 1 rings (SSSR count). The zero-order valence-corrected chi connectivity index (χ0v) is 10.7. The summed E-state index contributed by atoms with van der Waals surface area (Å²) in [6, 6.07) is 3.49. The van der Waals surface area contributed by atoms with Crippen LogP contribution in [0.5, 0.6) is 0 Å². The highest BCUT2D eigenvalue weighted by Crippen LogP contribution is 2.34. The number of carbonyl (C=O) groups excluding carboxylic acids is 1. The van der Waals surface area contributed by atoms with Gasteiger partial charge in [-0.3, -0.25) is 0 Å². The second kappa shape index (κ2) is 5.63. The number of esters is 1.